The van der Waals surface area contributed by atoms with Crippen molar-refractivity contribution in [2.75, 3.05) is 0 Å². The summed E-state index contributed by atoms with van der Waals surface area (Å²) in [6.07, 6.45) is 4.00. The first-order valence-electron chi connectivity index (χ1n) is 5.82. The highest BCUT2D eigenvalue weighted by Gasteiger charge is 2.10. The van der Waals surface area contributed by atoms with Crippen molar-refractivity contribution in [2.45, 2.75) is 20.3 Å². The molecule has 0 aliphatic rings. The summed E-state index contributed by atoms with van der Waals surface area (Å²) in [5.41, 5.74) is 2.53. The highest BCUT2D eigenvalue weighted by atomic mass is 16.3. The average molecular weight is 228 g/mol. The lowest BCUT2D eigenvalue weighted by atomic mass is 9.98. The van der Waals surface area contributed by atoms with Gasteiger partial charge in [0.1, 0.15) is 6.26 Å². The smallest absolute Gasteiger partial charge is 0.196 e. The van der Waals surface area contributed by atoms with Gasteiger partial charge in [-0.3, -0.25) is 4.79 Å². The van der Waals surface area contributed by atoms with Crippen molar-refractivity contribution >= 4 is 5.78 Å². The second-order valence-corrected chi connectivity index (χ2v) is 4.64. The number of carbonyl (C=O) groups excluding carboxylic acids is 1. The topological polar surface area (TPSA) is 30.2 Å². The van der Waals surface area contributed by atoms with Gasteiger partial charge in [-0.1, -0.05) is 32.0 Å². The first-order chi connectivity index (χ1) is 8.16. The Morgan fingerprint density at radius 1 is 1.24 bits per heavy atom. The van der Waals surface area contributed by atoms with Gasteiger partial charge in [-0.05, 0) is 30.0 Å². The number of hydrogen-bond donors (Lipinski definition) is 0. The molecule has 0 amide bonds. The minimum Gasteiger partial charge on any atom is -0.472 e. The fourth-order valence-corrected chi connectivity index (χ4v) is 1.87. The van der Waals surface area contributed by atoms with Crippen molar-refractivity contribution in [1.29, 1.82) is 0 Å². The van der Waals surface area contributed by atoms with Crippen LogP contribution in [0.3, 0.4) is 0 Å². The van der Waals surface area contributed by atoms with E-state index in [0.29, 0.717) is 11.5 Å². The van der Waals surface area contributed by atoms with Gasteiger partial charge >= 0.3 is 0 Å². The van der Waals surface area contributed by atoms with Crippen molar-refractivity contribution in [3.8, 4) is 0 Å². The summed E-state index contributed by atoms with van der Waals surface area (Å²) in [6, 6.07) is 9.50. The summed E-state index contributed by atoms with van der Waals surface area (Å²) >= 11 is 0. The number of hydrogen-bond acceptors (Lipinski definition) is 2. The number of furan rings is 1. The molecule has 0 aliphatic carbocycles. The molecule has 2 nitrogen and oxygen atoms in total. The molecule has 2 heteroatoms. The van der Waals surface area contributed by atoms with Gasteiger partial charge in [0.25, 0.3) is 0 Å². The van der Waals surface area contributed by atoms with Crippen LogP contribution in [0.15, 0.2) is 47.3 Å². The van der Waals surface area contributed by atoms with Crippen LogP contribution in [0, 0.1) is 5.92 Å². The minimum absolute atomic E-state index is 0.0179. The number of benzene rings is 1. The van der Waals surface area contributed by atoms with E-state index >= 15 is 0 Å². The van der Waals surface area contributed by atoms with Crippen LogP contribution in [0.2, 0.25) is 0 Å². The van der Waals surface area contributed by atoms with Crippen LogP contribution in [0.25, 0.3) is 0 Å². The quantitative estimate of drug-likeness (QED) is 0.747. The molecule has 2 aromatic rings. The van der Waals surface area contributed by atoms with E-state index in [0.717, 1.165) is 12.0 Å². The lowest BCUT2D eigenvalue weighted by molar-refractivity contribution is 0.103. The molecule has 88 valence electrons. The normalized spacial score (nSPS) is 10.8. The van der Waals surface area contributed by atoms with Gasteiger partial charge in [0.15, 0.2) is 5.78 Å². The summed E-state index contributed by atoms with van der Waals surface area (Å²) in [4.78, 5) is 12.1. The molecule has 0 atom stereocenters. The lowest BCUT2D eigenvalue weighted by Crippen LogP contribution is -2.01. The van der Waals surface area contributed by atoms with Gasteiger partial charge in [0.05, 0.1) is 11.8 Å². The highest BCUT2D eigenvalue weighted by molar-refractivity contribution is 6.08. The summed E-state index contributed by atoms with van der Waals surface area (Å²) in [5.74, 6) is 0.610. The van der Waals surface area contributed by atoms with Gasteiger partial charge in [-0.2, -0.15) is 0 Å². The minimum atomic E-state index is 0.0179. The SMILES string of the molecule is CC(C)Cc1cccc(C(=O)c2ccoc2)c1. The standard InChI is InChI=1S/C15H16O2/c1-11(2)8-12-4-3-5-13(9-12)15(16)14-6-7-17-10-14/h3-7,9-11H,8H2,1-2H3. The van der Waals surface area contributed by atoms with Crippen molar-refractivity contribution in [3.63, 3.8) is 0 Å². The average Bonchev–Trinajstić information content (AvgIpc) is 2.81. The van der Waals surface area contributed by atoms with E-state index in [1.165, 1.54) is 18.1 Å². The van der Waals surface area contributed by atoms with E-state index in [2.05, 4.69) is 19.9 Å². The maximum absolute atomic E-state index is 12.1. The Morgan fingerprint density at radius 2 is 2.06 bits per heavy atom. The predicted molar refractivity (Wildman–Crippen MR) is 67.1 cm³/mol. The molecule has 0 unspecified atom stereocenters. The molecule has 0 saturated carbocycles. The monoisotopic (exact) mass is 228 g/mol. The maximum atomic E-state index is 12.1. The van der Waals surface area contributed by atoms with Gasteiger partial charge < -0.3 is 4.42 Å². The summed E-state index contributed by atoms with van der Waals surface area (Å²) in [7, 11) is 0. The van der Waals surface area contributed by atoms with Crippen molar-refractivity contribution < 1.29 is 9.21 Å². The van der Waals surface area contributed by atoms with E-state index in [9.17, 15) is 4.79 Å². The van der Waals surface area contributed by atoms with Crippen molar-refractivity contribution in [1.82, 2.24) is 0 Å². The Balaban J connectivity index is 2.24. The molecule has 0 radical (unpaired) electrons. The second-order valence-electron chi connectivity index (χ2n) is 4.64. The zero-order valence-corrected chi connectivity index (χ0v) is 10.1. The van der Waals surface area contributed by atoms with Crippen molar-refractivity contribution in [2.24, 2.45) is 5.92 Å². The number of carbonyl (C=O) groups is 1. The molecule has 0 N–H and O–H groups in total. The third-order valence-electron chi connectivity index (χ3n) is 2.62. The number of rotatable bonds is 4. The summed E-state index contributed by atoms with van der Waals surface area (Å²) in [5, 5.41) is 0. The molecule has 1 heterocycles. The highest BCUT2D eigenvalue weighted by Crippen LogP contribution is 2.14. The predicted octanol–water partition coefficient (Wildman–Crippen LogP) is 3.71. The molecule has 2 rings (SSSR count). The molecule has 0 bridgehead atoms. The molecule has 0 saturated heterocycles. The Labute approximate surface area is 101 Å². The zero-order chi connectivity index (χ0) is 12.3. The molecule has 1 aromatic heterocycles. The van der Waals surface area contributed by atoms with E-state index < -0.39 is 0 Å². The fourth-order valence-electron chi connectivity index (χ4n) is 1.87. The Kier molecular flexibility index (Phi) is 3.43. The summed E-state index contributed by atoms with van der Waals surface area (Å²) < 4.78 is 4.93. The van der Waals surface area contributed by atoms with E-state index in [4.69, 9.17) is 4.42 Å². The van der Waals surface area contributed by atoms with Gasteiger partial charge in [-0.15, -0.1) is 0 Å². The number of ketones is 1. The first-order valence-corrected chi connectivity index (χ1v) is 5.82. The molecule has 17 heavy (non-hydrogen) atoms. The molecule has 0 fully saturated rings. The van der Waals surface area contributed by atoms with Crippen LogP contribution < -0.4 is 0 Å². The third kappa shape index (κ3) is 2.84. The van der Waals surface area contributed by atoms with Crippen LogP contribution in [-0.2, 0) is 6.42 Å². The molecule has 1 aromatic carbocycles. The van der Waals surface area contributed by atoms with Gasteiger partial charge in [0.2, 0.25) is 0 Å². The lowest BCUT2D eigenvalue weighted by Gasteiger charge is -2.06. The van der Waals surface area contributed by atoms with Crippen LogP contribution in [0.5, 0.6) is 0 Å². The van der Waals surface area contributed by atoms with Crippen LogP contribution in [0.1, 0.15) is 35.3 Å². The summed E-state index contributed by atoms with van der Waals surface area (Å²) in [6.45, 7) is 4.34. The molecular formula is C15H16O2. The molecule has 0 spiro atoms. The van der Waals surface area contributed by atoms with Crippen molar-refractivity contribution in [3.05, 3.63) is 59.5 Å². The van der Waals surface area contributed by atoms with Crippen LogP contribution in [-0.4, -0.2) is 5.78 Å². The fraction of sp³-hybridized carbons (Fsp3) is 0.267. The van der Waals surface area contributed by atoms with Gasteiger partial charge in [0, 0.05) is 5.56 Å². The molecular weight excluding hydrogens is 212 g/mol. The van der Waals surface area contributed by atoms with Crippen LogP contribution >= 0.6 is 0 Å². The van der Waals surface area contributed by atoms with E-state index in [-0.39, 0.29) is 5.78 Å². The third-order valence-corrected chi connectivity index (χ3v) is 2.62. The second kappa shape index (κ2) is 5.00. The Morgan fingerprint density at radius 3 is 2.71 bits per heavy atom. The molecule has 0 aliphatic heterocycles. The van der Waals surface area contributed by atoms with E-state index in [1.807, 2.05) is 18.2 Å². The van der Waals surface area contributed by atoms with Crippen LogP contribution in [0.4, 0.5) is 0 Å². The Bertz CT molecular complexity index is 495. The largest absolute Gasteiger partial charge is 0.472 e. The van der Waals surface area contributed by atoms with E-state index in [1.54, 1.807) is 6.07 Å². The maximum Gasteiger partial charge on any atom is 0.196 e. The zero-order valence-electron chi connectivity index (χ0n) is 10.1. The first kappa shape index (κ1) is 11.6. The Hall–Kier alpha value is -1.83. The van der Waals surface area contributed by atoms with Gasteiger partial charge in [-0.25, -0.2) is 0 Å².